The number of alkyl halides is 26. The summed E-state index contributed by atoms with van der Waals surface area (Å²) < 4.78 is 347. The van der Waals surface area contributed by atoms with Crippen LogP contribution in [0, 0.1) is 0 Å². The lowest BCUT2D eigenvalue weighted by molar-refractivity contribution is -0.442. The van der Waals surface area contributed by atoms with E-state index in [-0.39, 0.29) is 0 Å². The Labute approximate surface area is 233 Å². The van der Waals surface area contributed by atoms with Gasteiger partial charge in [-0.2, -0.15) is 114 Å². The van der Waals surface area contributed by atoms with E-state index < -0.39 is 113 Å². The van der Waals surface area contributed by atoms with Crippen molar-refractivity contribution < 1.29 is 119 Å². The third-order valence-electron chi connectivity index (χ3n) is 5.68. The molecule has 1 aromatic carbocycles. The van der Waals surface area contributed by atoms with Gasteiger partial charge in [0.25, 0.3) is 0 Å². The second-order valence-electron chi connectivity index (χ2n) is 8.70. The van der Waals surface area contributed by atoms with Gasteiger partial charge >= 0.3 is 71.6 Å². The Kier molecular flexibility index (Phi) is 9.41. The molecule has 0 spiro atoms. The van der Waals surface area contributed by atoms with E-state index in [2.05, 4.69) is 0 Å². The second-order valence-corrected chi connectivity index (χ2v) is 8.70. The number of carbonyl (C=O) groups excluding carboxylic acids is 1. The Hall–Kier alpha value is -2.93. The maximum absolute atomic E-state index is 14.4. The molecule has 1 aromatic rings. The summed E-state index contributed by atoms with van der Waals surface area (Å²) >= 11 is 0. The van der Waals surface area contributed by atoms with E-state index in [1.165, 1.54) is 0 Å². The van der Waals surface area contributed by atoms with Crippen LogP contribution in [0.25, 0.3) is 0 Å². The lowest BCUT2D eigenvalue weighted by Gasteiger charge is -2.40. The third-order valence-corrected chi connectivity index (χ3v) is 5.68. The van der Waals surface area contributed by atoms with Gasteiger partial charge in [-0.05, 0) is 18.2 Å². The minimum absolute atomic E-state index is 1.22. The van der Waals surface area contributed by atoms with Gasteiger partial charge in [0.15, 0.2) is 0 Å². The van der Waals surface area contributed by atoms with Crippen molar-refractivity contribution in [2.24, 2.45) is 0 Å². The molecule has 0 radical (unpaired) electrons. The van der Waals surface area contributed by atoms with Crippen LogP contribution in [-0.4, -0.2) is 66.0 Å². The topological polar surface area (TPSA) is 17.1 Å². The number of hydrogen-bond donors (Lipinski definition) is 0. The Morgan fingerprint density at radius 3 is 0.739 bits per heavy atom. The van der Waals surface area contributed by atoms with Gasteiger partial charge in [0.2, 0.25) is 0 Å². The molecule has 0 saturated heterocycles. The Bertz CT molecular complexity index is 1200. The van der Waals surface area contributed by atoms with Crippen LogP contribution in [0.3, 0.4) is 0 Å². The van der Waals surface area contributed by atoms with Crippen molar-refractivity contribution in [3.05, 3.63) is 34.9 Å². The standard InChI is InChI=1S/C19H4F26O/c20-8(21,10(24,25)12(28,29)14(32,33)16(36,37)18(40,41)42)6-1-5(4-46)2-7(3-6)9(22,23)11(26,27)13(30,31)15(34,35)17(38,39)19(43,44)45/h1-4H. The van der Waals surface area contributed by atoms with Crippen molar-refractivity contribution in [2.75, 3.05) is 0 Å². The summed E-state index contributed by atoms with van der Waals surface area (Å²) in [5.74, 6) is -83.6. The number of aldehydes is 1. The first-order valence-electron chi connectivity index (χ1n) is 10.2. The number of halogens is 26. The monoisotopic (exact) mass is 742 g/mol. The molecule has 0 unspecified atom stereocenters. The van der Waals surface area contributed by atoms with Gasteiger partial charge in [0.1, 0.15) is 6.29 Å². The molecular weight excluding hydrogens is 738 g/mol. The number of rotatable bonds is 11. The van der Waals surface area contributed by atoms with Gasteiger partial charge in [0, 0.05) is 16.7 Å². The maximum Gasteiger partial charge on any atom is 0.460 e. The first-order chi connectivity index (χ1) is 19.6. The van der Waals surface area contributed by atoms with Crippen molar-refractivity contribution in [1.82, 2.24) is 0 Å². The maximum atomic E-state index is 14.4. The van der Waals surface area contributed by atoms with Crippen molar-refractivity contribution >= 4 is 6.29 Å². The quantitative estimate of drug-likeness (QED) is 0.163. The van der Waals surface area contributed by atoms with Gasteiger partial charge < -0.3 is 0 Å². The fraction of sp³-hybridized carbons (Fsp3) is 0.632. The summed E-state index contributed by atoms with van der Waals surface area (Å²) in [6.07, 6.45) is -17.2. The minimum atomic E-state index is -8.69. The molecular formula is C19H4F26O. The van der Waals surface area contributed by atoms with Gasteiger partial charge in [-0.1, -0.05) is 0 Å². The molecule has 0 fully saturated rings. The van der Waals surface area contributed by atoms with E-state index in [4.69, 9.17) is 0 Å². The largest absolute Gasteiger partial charge is 0.460 e. The summed E-state index contributed by atoms with van der Waals surface area (Å²) in [5, 5.41) is 0. The highest BCUT2D eigenvalue weighted by atomic mass is 19.4. The van der Waals surface area contributed by atoms with E-state index in [9.17, 15) is 119 Å². The van der Waals surface area contributed by atoms with E-state index in [1.807, 2.05) is 0 Å². The van der Waals surface area contributed by atoms with Crippen LogP contribution in [0.5, 0.6) is 0 Å². The fourth-order valence-corrected chi connectivity index (χ4v) is 2.98. The summed E-state index contributed by atoms with van der Waals surface area (Å²) in [7, 11) is 0. The smallest absolute Gasteiger partial charge is 0.298 e. The van der Waals surface area contributed by atoms with Crippen LogP contribution in [0.2, 0.25) is 0 Å². The molecule has 0 aromatic heterocycles. The zero-order valence-electron chi connectivity index (χ0n) is 20.0. The molecule has 46 heavy (non-hydrogen) atoms. The second kappa shape index (κ2) is 10.5. The first kappa shape index (κ1) is 41.1. The molecule has 0 aliphatic heterocycles. The van der Waals surface area contributed by atoms with Crippen molar-refractivity contribution in [3.8, 4) is 0 Å². The normalized spacial score (nSPS) is 16.1. The molecule has 0 amide bonds. The van der Waals surface area contributed by atoms with Gasteiger partial charge in [0.05, 0.1) is 0 Å². The molecule has 0 heterocycles. The molecule has 0 bridgehead atoms. The predicted molar refractivity (Wildman–Crippen MR) is 91.3 cm³/mol. The Balaban J connectivity index is 4.07. The molecule has 1 nitrogen and oxygen atoms in total. The lowest BCUT2D eigenvalue weighted by Crippen LogP contribution is -2.69. The van der Waals surface area contributed by atoms with Crippen LogP contribution in [0.4, 0.5) is 114 Å². The first-order valence-corrected chi connectivity index (χ1v) is 10.2. The molecule has 268 valence electrons. The van der Waals surface area contributed by atoms with Gasteiger partial charge in [-0.3, -0.25) is 4.79 Å². The Morgan fingerprint density at radius 2 is 0.543 bits per heavy atom. The number of carbonyl (C=O) groups is 1. The highest BCUT2D eigenvalue weighted by Crippen LogP contribution is 2.64. The zero-order valence-corrected chi connectivity index (χ0v) is 20.0. The third kappa shape index (κ3) is 5.16. The lowest BCUT2D eigenvalue weighted by atomic mass is 9.86. The fourth-order valence-electron chi connectivity index (χ4n) is 2.98. The van der Waals surface area contributed by atoms with Crippen molar-refractivity contribution in [3.63, 3.8) is 0 Å². The summed E-state index contributed by atoms with van der Waals surface area (Å²) in [4.78, 5) is 10.8. The van der Waals surface area contributed by atoms with Gasteiger partial charge in [-0.15, -0.1) is 0 Å². The van der Waals surface area contributed by atoms with Crippen LogP contribution in [-0.2, 0) is 11.8 Å². The van der Waals surface area contributed by atoms with Crippen LogP contribution >= 0.6 is 0 Å². The number of benzene rings is 1. The summed E-state index contributed by atoms with van der Waals surface area (Å²) in [6.45, 7) is 0. The van der Waals surface area contributed by atoms with Crippen molar-refractivity contribution in [2.45, 2.75) is 71.6 Å². The predicted octanol–water partition coefficient (Wildman–Crippen LogP) is 9.89. The highest BCUT2D eigenvalue weighted by molar-refractivity contribution is 5.76. The van der Waals surface area contributed by atoms with Crippen LogP contribution in [0.15, 0.2) is 18.2 Å². The highest BCUT2D eigenvalue weighted by Gasteiger charge is 2.92. The SMILES string of the molecule is O=Cc1cc(C(F)(F)C(F)(F)C(F)(F)C(F)(F)C(F)(F)C(F)(F)F)cc(C(F)(F)C(F)(F)C(F)(F)C(F)(F)C(F)(F)C(F)(F)F)c1. The van der Waals surface area contributed by atoms with E-state index in [1.54, 1.807) is 0 Å². The molecule has 0 saturated carbocycles. The molecule has 0 atom stereocenters. The number of hydrogen-bond acceptors (Lipinski definition) is 1. The van der Waals surface area contributed by atoms with Crippen molar-refractivity contribution in [1.29, 1.82) is 0 Å². The molecule has 1 rings (SSSR count). The summed E-state index contributed by atoms with van der Waals surface area (Å²) in [5.41, 5.74) is -9.85. The average molecular weight is 742 g/mol. The molecule has 0 N–H and O–H groups in total. The Morgan fingerprint density at radius 1 is 0.326 bits per heavy atom. The van der Waals surface area contributed by atoms with Crippen LogP contribution < -0.4 is 0 Å². The van der Waals surface area contributed by atoms with Crippen LogP contribution in [0.1, 0.15) is 21.5 Å². The molecule has 0 aliphatic carbocycles. The summed E-state index contributed by atoms with van der Waals surface area (Å²) in [6, 6.07) is -4.42. The zero-order chi connectivity index (χ0) is 37.6. The van der Waals surface area contributed by atoms with E-state index >= 15 is 0 Å². The molecule has 0 aliphatic rings. The van der Waals surface area contributed by atoms with Gasteiger partial charge in [-0.25, -0.2) is 0 Å². The van der Waals surface area contributed by atoms with E-state index in [0.29, 0.717) is 0 Å². The average Bonchev–Trinajstić information content (AvgIpc) is 2.85. The van der Waals surface area contributed by atoms with E-state index in [0.717, 1.165) is 0 Å². The minimum Gasteiger partial charge on any atom is -0.298 e. The molecule has 27 heteroatoms.